The van der Waals surface area contributed by atoms with Crippen LogP contribution in [0.25, 0.3) is 0 Å². The smallest absolute Gasteiger partial charge is 0.352 e. The van der Waals surface area contributed by atoms with Gasteiger partial charge in [0.25, 0.3) is 5.69 Å². The highest BCUT2D eigenvalue weighted by molar-refractivity contribution is 6.31. The Labute approximate surface area is 119 Å². The van der Waals surface area contributed by atoms with Gasteiger partial charge in [-0.25, -0.2) is 4.79 Å². The Balaban J connectivity index is 2.36. The first kappa shape index (κ1) is 14.1. The van der Waals surface area contributed by atoms with Gasteiger partial charge in [0.15, 0.2) is 0 Å². The summed E-state index contributed by atoms with van der Waals surface area (Å²) in [4.78, 5) is 21.3. The van der Waals surface area contributed by atoms with E-state index < -0.39 is 10.9 Å². The predicted molar refractivity (Wildman–Crippen MR) is 73.3 cm³/mol. The number of halogens is 1. The number of carboxylic acid groups (broad SMARTS) is 1. The van der Waals surface area contributed by atoms with Crippen LogP contribution in [-0.4, -0.2) is 20.6 Å². The number of hydrogen-bond acceptors (Lipinski definition) is 3. The number of non-ortho nitro benzene ring substituents is 1. The lowest BCUT2D eigenvalue weighted by atomic mass is 10.2. The van der Waals surface area contributed by atoms with Gasteiger partial charge in [0.2, 0.25) is 0 Å². The molecule has 1 N–H and O–H groups in total. The van der Waals surface area contributed by atoms with Crippen molar-refractivity contribution in [2.24, 2.45) is 0 Å². The second-order valence-corrected chi connectivity index (χ2v) is 4.72. The number of carbonyl (C=O) groups is 1. The van der Waals surface area contributed by atoms with E-state index >= 15 is 0 Å². The first-order valence-corrected chi connectivity index (χ1v) is 6.10. The lowest BCUT2D eigenvalue weighted by Crippen LogP contribution is -2.10. The zero-order valence-electron chi connectivity index (χ0n) is 10.5. The third-order valence-electron chi connectivity index (χ3n) is 2.96. The summed E-state index contributed by atoms with van der Waals surface area (Å²) in [6.07, 6.45) is 1.65. The third kappa shape index (κ3) is 2.65. The zero-order chi connectivity index (χ0) is 14.9. The van der Waals surface area contributed by atoms with E-state index in [1.54, 1.807) is 23.8 Å². The maximum atomic E-state index is 11.2. The summed E-state index contributed by atoms with van der Waals surface area (Å²) in [6.45, 7) is 1.95. The van der Waals surface area contributed by atoms with Crippen molar-refractivity contribution in [1.82, 2.24) is 4.57 Å². The number of aromatic carboxylic acids is 1. The summed E-state index contributed by atoms with van der Waals surface area (Å²) in [5.41, 5.74) is 1.35. The molecule has 0 spiro atoms. The molecule has 0 fully saturated rings. The molecule has 1 heterocycles. The van der Waals surface area contributed by atoms with Crippen LogP contribution < -0.4 is 0 Å². The lowest BCUT2D eigenvalue weighted by Gasteiger charge is -2.08. The second-order valence-electron chi connectivity index (χ2n) is 4.31. The molecule has 2 aromatic rings. The SMILES string of the molecule is Cc1ccn(Cc2ccc([N+](=O)[O-])cc2Cl)c1C(=O)O. The lowest BCUT2D eigenvalue weighted by molar-refractivity contribution is -0.384. The number of nitro benzene ring substituents is 1. The monoisotopic (exact) mass is 294 g/mol. The molecule has 0 atom stereocenters. The minimum Gasteiger partial charge on any atom is -0.477 e. The Morgan fingerprint density at radius 1 is 1.45 bits per heavy atom. The van der Waals surface area contributed by atoms with Crippen LogP contribution in [0.3, 0.4) is 0 Å². The Kier molecular flexibility index (Phi) is 3.76. The average Bonchev–Trinajstić information content (AvgIpc) is 2.72. The van der Waals surface area contributed by atoms with Crippen LogP contribution in [0.1, 0.15) is 21.6 Å². The van der Waals surface area contributed by atoms with Crippen molar-refractivity contribution in [2.75, 3.05) is 0 Å². The van der Waals surface area contributed by atoms with E-state index in [-0.39, 0.29) is 22.9 Å². The van der Waals surface area contributed by atoms with E-state index in [0.717, 1.165) is 0 Å². The highest BCUT2D eigenvalue weighted by Crippen LogP contribution is 2.24. The van der Waals surface area contributed by atoms with Gasteiger partial charge in [-0.3, -0.25) is 10.1 Å². The van der Waals surface area contributed by atoms with E-state index in [1.807, 2.05) is 0 Å². The third-order valence-corrected chi connectivity index (χ3v) is 3.31. The fourth-order valence-electron chi connectivity index (χ4n) is 1.97. The van der Waals surface area contributed by atoms with Crippen LogP contribution >= 0.6 is 11.6 Å². The van der Waals surface area contributed by atoms with Crippen LogP contribution in [0, 0.1) is 17.0 Å². The predicted octanol–water partition coefficient (Wildman–Crippen LogP) is 3.10. The standard InChI is InChI=1S/C13H11ClN2O4/c1-8-4-5-15(12(8)13(17)18)7-9-2-3-10(16(19)20)6-11(9)14/h2-6H,7H2,1H3,(H,17,18). The topological polar surface area (TPSA) is 85.4 Å². The largest absolute Gasteiger partial charge is 0.477 e. The number of hydrogen-bond donors (Lipinski definition) is 1. The van der Waals surface area contributed by atoms with Gasteiger partial charge in [0, 0.05) is 24.9 Å². The molecule has 1 aromatic heterocycles. The molecule has 0 radical (unpaired) electrons. The summed E-state index contributed by atoms with van der Waals surface area (Å²) in [5, 5.41) is 20.0. The minimum atomic E-state index is -1.02. The molecular formula is C13H11ClN2O4. The van der Waals surface area contributed by atoms with Crippen LogP contribution in [0.4, 0.5) is 5.69 Å². The molecule has 20 heavy (non-hydrogen) atoms. The zero-order valence-corrected chi connectivity index (χ0v) is 11.3. The number of aryl methyl sites for hydroxylation is 1. The first-order chi connectivity index (χ1) is 9.40. The van der Waals surface area contributed by atoms with Crippen molar-refractivity contribution in [3.05, 3.63) is 62.4 Å². The molecule has 1 aromatic carbocycles. The maximum absolute atomic E-state index is 11.2. The quantitative estimate of drug-likeness (QED) is 0.693. The Hall–Kier alpha value is -2.34. The molecule has 0 unspecified atom stereocenters. The molecule has 0 amide bonds. The fraction of sp³-hybridized carbons (Fsp3) is 0.154. The van der Waals surface area contributed by atoms with Gasteiger partial charge in [-0.1, -0.05) is 11.6 Å². The maximum Gasteiger partial charge on any atom is 0.352 e. The van der Waals surface area contributed by atoms with Gasteiger partial charge in [0.1, 0.15) is 5.69 Å². The molecule has 0 saturated heterocycles. The highest BCUT2D eigenvalue weighted by atomic mass is 35.5. The van der Waals surface area contributed by atoms with Crippen molar-refractivity contribution < 1.29 is 14.8 Å². The van der Waals surface area contributed by atoms with Crippen molar-refractivity contribution >= 4 is 23.3 Å². The molecule has 0 saturated carbocycles. The molecule has 7 heteroatoms. The molecule has 0 aliphatic heterocycles. The van der Waals surface area contributed by atoms with Crippen molar-refractivity contribution in [1.29, 1.82) is 0 Å². The number of carboxylic acids is 1. The highest BCUT2D eigenvalue weighted by Gasteiger charge is 2.15. The van der Waals surface area contributed by atoms with Gasteiger partial charge >= 0.3 is 5.97 Å². The van der Waals surface area contributed by atoms with Crippen LogP contribution in [0.2, 0.25) is 5.02 Å². The van der Waals surface area contributed by atoms with Gasteiger partial charge in [-0.05, 0) is 30.2 Å². The fourth-order valence-corrected chi connectivity index (χ4v) is 2.20. The summed E-state index contributed by atoms with van der Waals surface area (Å²) < 4.78 is 1.55. The van der Waals surface area contributed by atoms with E-state index in [1.165, 1.54) is 18.2 Å². The Morgan fingerprint density at radius 3 is 2.70 bits per heavy atom. The van der Waals surface area contributed by atoms with Gasteiger partial charge in [0.05, 0.1) is 9.95 Å². The summed E-state index contributed by atoms with van der Waals surface area (Å²) in [7, 11) is 0. The van der Waals surface area contributed by atoms with Crippen molar-refractivity contribution in [2.45, 2.75) is 13.5 Å². The van der Waals surface area contributed by atoms with Crippen LogP contribution in [0.15, 0.2) is 30.5 Å². The van der Waals surface area contributed by atoms with E-state index in [4.69, 9.17) is 16.7 Å². The Morgan fingerprint density at radius 2 is 2.15 bits per heavy atom. The molecule has 0 aliphatic rings. The summed E-state index contributed by atoms with van der Waals surface area (Å²) in [6, 6.07) is 5.83. The van der Waals surface area contributed by atoms with E-state index in [0.29, 0.717) is 11.1 Å². The average molecular weight is 295 g/mol. The molecule has 6 nitrogen and oxygen atoms in total. The molecule has 104 valence electrons. The van der Waals surface area contributed by atoms with Crippen molar-refractivity contribution in [3.63, 3.8) is 0 Å². The number of aromatic nitrogens is 1. The van der Waals surface area contributed by atoms with Gasteiger partial charge in [-0.15, -0.1) is 0 Å². The minimum absolute atomic E-state index is 0.0964. The first-order valence-electron chi connectivity index (χ1n) is 5.72. The van der Waals surface area contributed by atoms with Gasteiger partial charge in [-0.2, -0.15) is 0 Å². The Bertz CT molecular complexity index is 694. The molecule has 0 bridgehead atoms. The van der Waals surface area contributed by atoms with Crippen LogP contribution in [-0.2, 0) is 6.54 Å². The molecular weight excluding hydrogens is 284 g/mol. The van der Waals surface area contributed by atoms with E-state index in [9.17, 15) is 14.9 Å². The number of rotatable bonds is 4. The van der Waals surface area contributed by atoms with Gasteiger partial charge < -0.3 is 9.67 Å². The number of nitrogens with zero attached hydrogens (tertiary/aromatic N) is 2. The number of nitro groups is 1. The second kappa shape index (κ2) is 5.34. The van der Waals surface area contributed by atoms with Crippen LogP contribution in [0.5, 0.6) is 0 Å². The number of benzene rings is 1. The normalized spacial score (nSPS) is 10.5. The summed E-state index contributed by atoms with van der Waals surface area (Å²) >= 11 is 6.00. The van der Waals surface area contributed by atoms with E-state index in [2.05, 4.69) is 0 Å². The molecule has 0 aliphatic carbocycles. The molecule has 2 rings (SSSR count). The van der Waals surface area contributed by atoms with Crippen molar-refractivity contribution in [3.8, 4) is 0 Å². The summed E-state index contributed by atoms with van der Waals surface area (Å²) in [5.74, 6) is -1.02.